The molecule has 5 heteroatoms. The molecule has 252 valence electrons. The zero-order valence-electron chi connectivity index (χ0n) is 28.9. The molecule has 54 heavy (non-hydrogen) atoms. The molecule has 5 nitrogen and oxygen atoms in total. The number of fused-ring (bicyclic) bond motifs is 8. The summed E-state index contributed by atoms with van der Waals surface area (Å²) in [6, 6.07) is 60.5. The number of para-hydroxylation sites is 2. The van der Waals surface area contributed by atoms with Crippen molar-refractivity contribution in [3.8, 4) is 56.4 Å². The molecule has 0 saturated heterocycles. The summed E-state index contributed by atoms with van der Waals surface area (Å²) in [7, 11) is 0. The van der Waals surface area contributed by atoms with Crippen LogP contribution in [0, 0.1) is 0 Å². The molecule has 11 aromatic rings. The molecule has 0 radical (unpaired) electrons. The lowest BCUT2D eigenvalue weighted by molar-refractivity contribution is 0.669. The fourth-order valence-corrected chi connectivity index (χ4v) is 7.75. The van der Waals surface area contributed by atoms with Gasteiger partial charge in [0.15, 0.2) is 17.5 Å². The second kappa shape index (κ2) is 12.1. The normalized spacial score (nSPS) is 11.7. The molecule has 0 fully saturated rings. The number of furan rings is 2. The first-order valence-electron chi connectivity index (χ1n) is 18.0. The molecule has 0 aliphatic carbocycles. The molecule has 8 aromatic carbocycles. The molecule has 0 atom stereocenters. The van der Waals surface area contributed by atoms with E-state index < -0.39 is 0 Å². The molecule has 11 rings (SSSR count). The summed E-state index contributed by atoms with van der Waals surface area (Å²) in [5.74, 6) is 1.80. The van der Waals surface area contributed by atoms with Gasteiger partial charge in [0.25, 0.3) is 0 Å². The van der Waals surface area contributed by atoms with E-state index in [0.29, 0.717) is 17.5 Å². The van der Waals surface area contributed by atoms with Crippen LogP contribution in [0.1, 0.15) is 0 Å². The highest BCUT2D eigenvalue weighted by Crippen LogP contribution is 2.44. The molecule has 0 spiro atoms. The Hall–Kier alpha value is -7.37. The van der Waals surface area contributed by atoms with E-state index >= 15 is 0 Å². The Morgan fingerprint density at radius 1 is 0.296 bits per heavy atom. The van der Waals surface area contributed by atoms with E-state index in [-0.39, 0.29) is 0 Å². The van der Waals surface area contributed by atoms with E-state index in [9.17, 15) is 0 Å². The molecule has 3 aromatic heterocycles. The van der Waals surface area contributed by atoms with Crippen LogP contribution in [0.4, 0.5) is 0 Å². The lowest BCUT2D eigenvalue weighted by Crippen LogP contribution is -2.00. The first kappa shape index (κ1) is 30.3. The topological polar surface area (TPSA) is 65.0 Å². The molecule has 0 unspecified atom stereocenters. The Morgan fingerprint density at radius 3 is 1.52 bits per heavy atom. The van der Waals surface area contributed by atoms with Crippen molar-refractivity contribution < 1.29 is 8.83 Å². The monoisotopic (exact) mass is 691 g/mol. The summed E-state index contributed by atoms with van der Waals surface area (Å²) >= 11 is 0. The van der Waals surface area contributed by atoms with Crippen molar-refractivity contribution in [2.75, 3.05) is 0 Å². The van der Waals surface area contributed by atoms with Crippen LogP contribution >= 0.6 is 0 Å². The lowest BCUT2D eigenvalue weighted by Gasteiger charge is -2.13. The van der Waals surface area contributed by atoms with Gasteiger partial charge < -0.3 is 8.83 Å². The van der Waals surface area contributed by atoms with E-state index in [1.165, 1.54) is 0 Å². The van der Waals surface area contributed by atoms with Crippen molar-refractivity contribution in [2.45, 2.75) is 0 Å². The first-order valence-corrected chi connectivity index (χ1v) is 18.0. The van der Waals surface area contributed by atoms with Gasteiger partial charge in [0.2, 0.25) is 0 Å². The van der Waals surface area contributed by atoms with E-state index in [0.717, 1.165) is 93.6 Å². The highest BCUT2D eigenvalue weighted by molar-refractivity contribution is 6.22. The van der Waals surface area contributed by atoms with Gasteiger partial charge in [0.05, 0.1) is 0 Å². The van der Waals surface area contributed by atoms with Gasteiger partial charge in [-0.2, -0.15) is 0 Å². The lowest BCUT2D eigenvalue weighted by atomic mass is 9.90. The number of hydrogen-bond acceptors (Lipinski definition) is 5. The van der Waals surface area contributed by atoms with Crippen LogP contribution in [0.2, 0.25) is 0 Å². The zero-order valence-corrected chi connectivity index (χ0v) is 28.9. The Kier molecular flexibility index (Phi) is 6.79. The zero-order chi connectivity index (χ0) is 35.6. The van der Waals surface area contributed by atoms with Gasteiger partial charge in [-0.3, -0.25) is 0 Å². The van der Waals surface area contributed by atoms with Crippen LogP contribution in [0.5, 0.6) is 0 Å². The highest BCUT2D eigenvalue weighted by Gasteiger charge is 2.19. The molecular weight excluding hydrogens is 663 g/mol. The summed E-state index contributed by atoms with van der Waals surface area (Å²) < 4.78 is 12.8. The predicted molar refractivity (Wildman–Crippen MR) is 219 cm³/mol. The van der Waals surface area contributed by atoms with E-state index in [1.54, 1.807) is 0 Å². The van der Waals surface area contributed by atoms with Crippen LogP contribution in [-0.2, 0) is 0 Å². The molecule has 0 amide bonds. The third-order valence-corrected chi connectivity index (χ3v) is 10.3. The molecule has 0 bridgehead atoms. The minimum atomic E-state index is 0.585. The standard InChI is InChI=1S/C49H29N3O2/c1-3-12-30(13-4-1)35-18-11-19-39-40(29-41-37-17-8-10-21-43(37)54-46(41)45(35)39)31-22-24-33(25-23-31)48-50-47(32-14-5-2-6-15-32)51-49(52-48)34-26-27-38-36-16-7-9-20-42(36)53-44(38)28-34/h1-29H. The number of hydrogen-bond donors (Lipinski definition) is 0. The summed E-state index contributed by atoms with van der Waals surface area (Å²) in [6.45, 7) is 0. The van der Waals surface area contributed by atoms with Crippen molar-refractivity contribution in [3.63, 3.8) is 0 Å². The van der Waals surface area contributed by atoms with Gasteiger partial charge in [-0.1, -0.05) is 146 Å². The minimum absolute atomic E-state index is 0.585. The molecule has 0 saturated carbocycles. The van der Waals surface area contributed by atoms with Crippen LogP contribution in [-0.4, -0.2) is 15.0 Å². The van der Waals surface area contributed by atoms with E-state index in [2.05, 4.69) is 109 Å². The molecule has 0 aliphatic heterocycles. The smallest absolute Gasteiger partial charge is 0.164 e. The fourth-order valence-electron chi connectivity index (χ4n) is 7.75. The van der Waals surface area contributed by atoms with Gasteiger partial charge in [0.1, 0.15) is 22.3 Å². The molecular formula is C49H29N3O2. The SMILES string of the molecule is c1ccc(-c2nc(-c3ccc(-c4cc5c6ccccc6oc5c5c(-c6ccccc6)cccc45)cc3)nc(-c3ccc4c(c3)oc3ccccc34)n2)cc1. The quantitative estimate of drug-likeness (QED) is 0.180. The average Bonchev–Trinajstić information content (AvgIpc) is 3.82. The van der Waals surface area contributed by atoms with Crippen molar-refractivity contribution >= 4 is 54.6 Å². The minimum Gasteiger partial charge on any atom is -0.456 e. The van der Waals surface area contributed by atoms with Gasteiger partial charge >= 0.3 is 0 Å². The maximum atomic E-state index is 6.60. The van der Waals surface area contributed by atoms with Crippen LogP contribution in [0.25, 0.3) is 111 Å². The summed E-state index contributed by atoms with van der Waals surface area (Å²) in [5.41, 5.74) is 10.6. The van der Waals surface area contributed by atoms with Gasteiger partial charge in [-0.05, 0) is 58.0 Å². The largest absolute Gasteiger partial charge is 0.456 e. The Morgan fingerprint density at radius 2 is 0.796 bits per heavy atom. The number of benzene rings is 8. The van der Waals surface area contributed by atoms with E-state index in [1.807, 2.05) is 66.7 Å². The van der Waals surface area contributed by atoms with Gasteiger partial charge in [0, 0.05) is 43.6 Å². The fraction of sp³-hybridized carbons (Fsp3) is 0. The first-order chi connectivity index (χ1) is 26.7. The Bertz CT molecular complexity index is 3200. The molecule has 0 N–H and O–H groups in total. The van der Waals surface area contributed by atoms with Crippen molar-refractivity contribution in [1.82, 2.24) is 15.0 Å². The summed E-state index contributed by atoms with van der Waals surface area (Å²) in [5, 5.41) is 6.58. The van der Waals surface area contributed by atoms with Crippen molar-refractivity contribution in [1.29, 1.82) is 0 Å². The highest BCUT2D eigenvalue weighted by atomic mass is 16.3. The predicted octanol–water partition coefficient (Wildman–Crippen LogP) is 13.2. The maximum Gasteiger partial charge on any atom is 0.164 e. The van der Waals surface area contributed by atoms with Crippen molar-refractivity contribution in [2.24, 2.45) is 0 Å². The van der Waals surface area contributed by atoms with Crippen LogP contribution in [0.15, 0.2) is 185 Å². The Labute approximate surface area is 309 Å². The third-order valence-electron chi connectivity index (χ3n) is 10.3. The van der Waals surface area contributed by atoms with Crippen LogP contribution < -0.4 is 0 Å². The number of nitrogens with zero attached hydrogens (tertiary/aromatic N) is 3. The van der Waals surface area contributed by atoms with E-state index in [4.69, 9.17) is 23.8 Å². The third kappa shape index (κ3) is 4.90. The summed E-state index contributed by atoms with van der Waals surface area (Å²) in [6.07, 6.45) is 0. The number of aromatic nitrogens is 3. The molecule has 3 heterocycles. The molecule has 0 aliphatic rings. The van der Waals surface area contributed by atoms with Crippen molar-refractivity contribution in [3.05, 3.63) is 176 Å². The Balaban J connectivity index is 1.07. The van der Waals surface area contributed by atoms with Gasteiger partial charge in [-0.15, -0.1) is 0 Å². The number of rotatable bonds is 5. The average molecular weight is 692 g/mol. The second-order valence-electron chi connectivity index (χ2n) is 13.6. The van der Waals surface area contributed by atoms with Crippen LogP contribution in [0.3, 0.4) is 0 Å². The van der Waals surface area contributed by atoms with Gasteiger partial charge in [-0.25, -0.2) is 15.0 Å². The maximum absolute atomic E-state index is 6.60. The summed E-state index contributed by atoms with van der Waals surface area (Å²) in [4.78, 5) is 15.0. The second-order valence-corrected chi connectivity index (χ2v) is 13.6.